The number of nitro groups is 1. The van der Waals surface area contributed by atoms with Gasteiger partial charge in [0.1, 0.15) is 18.3 Å². The van der Waals surface area contributed by atoms with Gasteiger partial charge in [-0.15, -0.1) is 0 Å². The van der Waals surface area contributed by atoms with Gasteiger partial charge in [0.2, 0.25) is 11.8 Å². The number of halogens is 1. The highest BCUT2D eigenvalue weighted by atomic mass is 35.5. The van der Waals surface area contributed by atoms with Crippen molar-refractivity contribution in [2.45, 2.75) is 69.5 Å². The number of sulfonamides is 1. The molecule has 1 atom stereocenters. The van der Waals surface area contributed by atoms with Crippen LogP contribution in [-0.2, 0) is 32.6 Å². The van der Waals surface area contributed by atoms with E-state index in [9.17, 15) is 28.1 Å². The van der Waals surface area contributed by atoms with Crippen LogP contribution < -0.4 is 14.4 Å². The molecule has 0 radical (unpaired) electrons. The second-order valence-electron chi connectivity index (χ2n) is 12.7. The molecule has 51 heavy (non-hydrogen) atoms. The smallest absolute Gasteiger partial charge is 0.273 e. The Balaban J connectivity index is 1.63. The molecular weight excluding hydrogens is 692 g/mol. The van der Waals surface area contributed by atoms with E-state index in [1.807, 2.05) is 61.5 Å². The van der Waals surface area contributed by atoms with Gasteiger partial charge >= 0.3 is 0 Å². The highest BCUT2D eigenvalue weighted by molar-refractivity contribution is 7.92. The normalized spacial score (nSPS) is 13.7. The van der Waals surface area contributed by atoms with Gasteiger partial charge in [0, 0.05) is 35.7 Å². The summed E-state index contributed by atoms with van der Waals surface area (Å²) in [7, 11) is -3.31. The quantitative estimate of drug-likeness (QED) is 0.112. The van der Waals surface area contributed by atoms with E-state index in [2.05, 4.69) is 5.32 Å². The molecule has 1 aliphatic carbocycles. The summed E-state index contributed by atoms with van der Waals surface area (Å²) in [5, 5.41) is 15.1. The maximum Gasteiger partial charge on any atom is 0.273 e. The van der Waals surface area contributed by atoms with E-state index in [0.717, 1.165) is 52.7 Å². The number of carbonyl (C=O) groups is 2. The van der Waals surface area contributed by atoms with Crippen molar-refractivity contribution in [1.29, 1.82) is 0 Å². The number of nitrogens with one attached hydrogen (secondary N) is 1. The van der Waals surface area contributed by atoms with Crippen LogP contribution in [0.1, 0.15) is 47.9 Å². The van der Waals surface area contributed by atoms with Gasteiger partial charge < -0.3 is 15.0 Å². The predicted octanol–water partition coefficient (Wildman–Crippen LogP) is 6.77. The molecule has 0 heterocycles. The molecule has 5 rings (SSSR count). The number of methoxy groups -OCH3 is 1. The fraction of sp³-hybridized carbons (Fsp3) is 0.316. The van der Waals surface area contributed by atoms with Gasteiger partial charge in [-0.1, -0.05) is 90.7 Å². The Bertz CT molecular complexity index is 1990. The molecular formula is C38H41ClN4O7S. The highest BCUT2D eigenvalue weighted by Crippen LogP contribution is 2.36. The summed E-state index contributed by atoms with van der Waals surface area (Å²) in [6, 6.07) is 23.7. The van der Waals surface area contributed by atoms with Crippen molar-refractivity contribution < 1.29 is 27.7 Å². The average Bonchev–Trinajstić information content (AvgIpc) is 3.62. The highest BCUT2D eigenvalue weighted by Gasteiger charge is 2.37. The van der Waals surface area contributed by atoms with E-state index in [-0.39, 0.29) is 46.9 Å². The molecule has 1 fully saturated rings. The Morgan fingerprint density at radius 3 is 2.29 bits per heavy atom. The number of nitrogens with zero attached hydrogens (tertiary/aromatic N) is 3. The van der Waals surface area contributed by atoms with Crippen LogP contribution in [0.4, 0.5) is 11.4 Å². The standard InChI is InChI=1S/C38H41ClN4O7S/c1-26-13-16-29(17-14-26)24-41(35(21-28-9-5-4-6-10-28)38(45)40-31-11-7-8-12-31)37(44)25-42(34-22-30(39)18-20-36(34)50-3)51(48,49)32-19-15-27(2)33(23-32)43(46)47/h4-6,9-10,13-20,22-23,31,35H,7-8,11-12,21,24-25H2,1-3H3,(H,40,45)/t35-/m0/s1. The Labute approximate surface area is 303 Å². The van der Waals surface area contributed by atoms with Crippen molar-refractivity contribution >= 4 is 44.8 Å². The lowest BCUT2D eigenvalue weighted by Gasteiger charge is -2.34. The summed E-state index contributed by atoms with van der Waals surface area (Å²) in [4.78, 5) is 41.2. The molecule has 4 aromatic carbocycles. The first-order valence-corrected chi connectivity index (χ1v) is 18.5. The van der Waals surface area contributed by atoms with Crippen LogP contribution in [0.5, 0.6) is 5.75 Å². The maximum atomic E-state index is 14.8. The largest absolute Gasteiger partial charge is 0.495 e. The number of benzene rings is 4. The predicted molar refractivity (Wildman–Crippen MR) is 196 cm³/mol. The topological polar surface area (TPSA) is 139 Å². The molecule has 1 aliphatic rings. The van der Waals surface area contributed by atoms with Crippen LogP contribution >= 0.6 is 11.6 Å². The van der Waals surface area contributed by atoms with E-state index in [4.69, 9.17) is 16.3 Å². The molecule has 0 unspecified atom stereocenters. The van der Waals surface area contributed by atoms with Crippen LogP contribution in [-0.4, -0.2) is 55.8 Å². The lowest BCUT2D eigenvalue weighted by Crippen LogP contribution is -2.54. The first kappa shape index (κ1) is 37.3. The lowest BCUT2D eigenvalue weighted by molar-refractivity contribution is -0.385. The first-order valence-electron chi connectivity index (χ1n) is 16.7. The fourth-order valence-corrected chi connectivity index (χ4v) is 7.86. The monoisotopic (exact) mass is 732 g/mol. The second kappa shape index (κ2) is 16.4. The van der Waals surface area contributed by atoms with Crippen LogP contribution in [0, 0.1) is 24.0 Å². The number of rotatable bonds is 14. The number of nitro benzene ring substituents is 1. The minimum absolute atomic E-state index is 0.00523. The number of anilines is 1. The Hall–Kier alpha value is -4.94. The SMILES string of the molecule is COc1ccc(Cl)cc1N(CC(=O)N(Cc1ccc(C)cc1)[C@@H](Cc1ccccc1)C(=O)NC1CCCC1)S(=O)(=O)c1ccc(C)c([N+](=O)[O-])c1. The van der Waals surface area contributed by atoms with E-state index >= 15 is 0 Å². The van der Waals surface area contributed by atoms with Gasteiger partial charge in [-0.25, -0.2) is 8.42 Å². The minimum Gasteiger partial charge on any atom is -0.495 e. The molecule has 4 aromatic rings. The van der Waals surface area contributed by atoms with Crippen molar-refractivity contribution in [2.24, 2.45) is 0 Å². The summed E-state index contributed by atoms with van der Waals surface area (Å²) >= 11 is 6.37. The van der Waals surface area contributed by atoms with Gasteiger partial charge in [-0.2, -0.15) is 0 Å². The number of amides is 2. The molecule has 2 amide bonds. The van der Waals surface area contributed by atoms with E-state index < -0.39 is 44.0 Å². The van der Waals surface area contributed by atoms with E-state index in [0.29, 0.717) is 0 Å². The van der Waals surface area contributed by atoms with Gasteiger partial charge in [0.05, 0.1) is 22.6 Å². The summed E-state index contributed by atoms with van der Waals surface area (Å²) in [5.41, 5.74) is 2.39. The number of hydrogen-bond acceptors (Lipinski definition) is 7. The Kier molecular flexibility index (Phi) is 12.0. The number of aryl methyl sites for hydroxylation is 2. The molecule has 1 saturated carbocycles. The van der Waals surface area contributed by atoms with Gasteiger partial charge in [0.15, 0.2) is 0 Å². The molecule has 0 saturated heterocycles. The maximum absolute atomic E-state index is 14.8. The molecule has 0 spiro atoms. The molecule has 268 valence electrons. The van der Waals surface area contributed by atoms with Gasteiger partial charge in [-0.3, -0.25) is 24.0 Å². The van der Waals surface area contributed by atoms with Crippen LogP contribution in [0.25, 0.3) is 0 Å². The van der Waals surface area contributed by atoms with Gasteiger partial charge in [0.25, 0.3) is 15.7 Å². The summed E-state index contributed by atoms with van der Waals surface area (Å²) in [6.07, 6.45) is 3.82. The van der Waals surface area contributed by atoms with Crippen molar-refractivity contribution in [1.82, 2.24) is 10.2 Å². The summed E-state index contributed by atoms with van der Waals surface area (Å²) < 4.78 is 35.4. The van der Waals surface area contributed by atoms with E-state index in [1.54, 1.807) is 0 Å². The lowest BCUT2D eigenvalue weighted by atomic mass is 10.0. The van der Waals surface area contributed by atoms with Crippen LogP contribution in [0.3, 0.4) is 0 Å². The van der Waals surface area contributed by atoms with Crippen LogP contribution in [0.2, 0.25) is 5.02 Å². The summed E-state index contributed by atoms with van der Waals surface area (Å²) in [6.45, 7) is 2.68. The zero-order valence-electron chi connectivity index (χ0n) is 28.8. The molecule has 0 aromatic heterocycles. The Morgan fingerprint density at radius 1 is 0.961 bits per heavy atom. The number of carbonyl (C=O) groups excluding carboxylic acids is 2. The third-order valence-electron chi connectivity index (χ3n) is 9.10. The molecule has 11 nitrogen and oxygen atoms in total. The minimum atomic E-state index is -4.66. The third-order valence-corrected chi connectivity index (χ3v) is 11.1. The van der Waals surface area contributed by atoms with Crippen molar-refractivity contribution in [3.05, 3.63) is 128 Å². The Morgan fingerprint density at radius 2 is 1.65 bits per heavy atom. The van der Waals surface area contributed by atoms with Crippen molar-refractivity contribution in [3.63, 3.8) is 0 Å². The molecule has 0 aliphatic heterocycles. The fourth-order valence-electron chi connectivity index (χ4n) is 6.26. The zero-order chi connectivity index (χ0) is 36.7. The van der Waals surface area contributed by atoms with Gasteiger partial charge in [-0.05, 0) is 62.1 Å². The molecule has 0 bridgehead atoms. The van der Waals surface area contributed by atoms with E-state index in [1.165, 1.54) is 49.3 Å². The third kappa shape index (κ3) is 9.05. The van der Waals surface area contributed by atoms with Crippen LogP contribution in [0.15, 0.2) is 95.9 Å². The zero-order valence-corrected chi connectivity index (χ0v) is 30.3. The number of ether oxygens (including phenoxy) is 1. The average molecular weight is 733 g/mol. The molecule has 13 heteroatoms. The summed E-state index contributed by atoms with van der Waals surface area (Å²) in [5.74, 6) is -0.914. The second-order valence-corrected chi connectivity index (χ2v) is 15.0. The molecule has 1 N–H and O–H groups in total. The van der Waals surface area contributed by atoms with Crippen molar-refractivity contribution in [3.8, 4) is 5.75 Å². The number of hydrogen-bond donors (Lipinski definition) is 1. The van der Waals surface area contributed by atoms with Crippen molar-refractivity contribution in [2.75, 3.05) is 18.0 Å². The first-order chi connectivity index (χ1) is 24.4.